The van der Waals surface area contributed by atoms with E-state index in [0.29, 0.717) is 11.5 Å². The number of aliphatic imine (C=N–C) groups is 1. The van der Waals surface area contributed by atoms with E-state index in [1.807, 2.05) is 60.9 Å². The van der Waals surface area contributed by atoms with Gasteiger partial charge in [-0.15, -0.1) is 11.8 Å². The van der Waals surface area contributed by atoms with Crippen LogP contribution in [0.4, 0.5) is 0 Å². The Morgan fingerprint density at radius 3 is 2.36 bits per heavy atom. The third-order valence-electron chi connectivity index (χ3n) is 3.52. The van der Waals surface area contributed by atoms with Crippen LogP contribution in [0.2, 0.25) is 0 Å². The molecule has 0 aromatic heterocycles. The van der Waals surface area contributed by atoms with Crippen LogP contribution < -0.4 is 9.47 Å². The minimum absolute atomic E-state index is 0.172. The molecule has 25 heavy (non-hydrogen) atoms. The van der Waals surface area contributed by atoms with Crippen molar-refractivity contribution in [2.24, 2.45) is 4.99 Å². The molecule has 3 rings (SSSR count). The Morgan fingerprint density at radius 2 is 1.76 bits per heavy atom. The molecule has 1 amide bonds. The number of amides is 1. The van der Waals surface area contributed by atoms with Gasteiger partial charge in [0.25, 0.3) is 5.91 Å². The van der Waals surface area contributed by atoms with Crippen LogP contribution in [0.5, 0.6) is 11.5 Å². The van der Waals surface area contributed by atoms with E-state index < -0.39 is 0 Å². The number of thioether (sulfide) groups is 2. The molecule has 0 bridgehead atoms. The van der Waals surface area contributed by atoms with E-state index >= 15 is 0 Å². The lowest BCUT2D eigenvalue weighted by Gasteiger charge is -2.07. The summed E-state index contributed by atoms with van der Waals surface area (Å²) in [4.78, 5) is 16.4. The summed E-state index contributed by atoms with van der Waals surface area (Å²) < 4.78 is 11.7. The summed E-state index contributed by atoms with van der Waals surface area (Å²) in [5.41, 5.74) is 2.02. The molecule has 0 radical (unpaired) electrons. The van der Waals surface area contributed by atoms with Gasteiger partial charge in [0.05, 0.1) is 12.0 Å². The van der Waals surface area contributed by atoms with Crippen LogP contribution in [-0.2, 0) is 11.4 Å². The van der Waals surface area contributed by atoms with Crippen molar-refractivity contribution in [3.63, 3.8) is 0 Å². The monoisotopic (exact) mass is 371 g/mol. The Morgan fingerprint density at radius 1 is 1.08 bits per heavy atom. The van der Waals surface area contributed by atoms with E-state index in [1.54, 1.807) is 7.11 Å². The maximum Gasteiger partial charge on any atom is 0.285 e. The number of carbonyl (C=O) groups is 1. The highest BCUT2D eigenvalue weighted by Crippen LogP contribution is 2.32. The molecule has 4 nitrogen and oxygen atoms in total. The van der Waals surface area contributed by atoms with Crippen molar-refractivity contribution in [2.75, 3.05) is 13.4 Å². The third-order valence-corrected chi connectivity index (χ3v) is 5.49. The van der Waals surface area contributed by atoms with Crippen molar-refractivity contribution in [1.29, 1.82) is 0 Å². The number of nitrogens with zero attached hydrogens (tertiary/aromatic N) is 1. The van der Waals surface area contributed by atoms with Gasteiger partial charge < -0.3 is 9.47 Å². The average Bonchev–Trinajstić information content (AvgIpc) is 3.01. The number of benzene rings is 2. The highest BCUT2D eigenvalue weighted by molar-refractivity contribution is 8.40. The second-order valence-electron chi connectivity index (χ2n) is 5.20. The Hall–Kier alpha value is -2.18. The second-order valence-corrected chi connectivity index (χ2v) is 7.29. The fourth-order valence-corrected chi connectivity index (χ4v) is 3.60. The van der Waals surface area contributed by atoms with Gasteiger partial charge in [0.15, 0.2) is 0 Å². The van der Waals surface area contributed by atoms with Gasteiger partial charge in [-0.1, -0.05) is 36.0 Å². The van der Waals surface area contributed by atoms with Crippen LogP contribution >= 0.6 is 23.5 Å². The first-order valence-electron chi connectivity index (χ1n) is 7.60. The first kappa shape index (κ1) is 17.6. The standard InChI is InChI=1S/C19H17NO3S2/c1-22-15-7-5-14(6-8-15)12-23-16-9-3-13(4-10-16)11-17-18(21)20-19(24-2)25-17/h3-11H,12H2,1-2H3/b17-11-. The fourth-order valence-electron chi connectivity index (χ4n) is 2.18. The van der Waals surface area contributed by atoms with Gasteiger partial charge in [-0.3, -0.25) is 4.79 Å². The predicted molar refractivity (Wildman–Crippen MR) is 105 cm³/mol. The van der Waals surface area contributed by atoms with Crippen molar-refractivity contribution in [1.82, 2.24) is 0 Å². The normalized spacial score (nSPS) is 15.4. The smallest absolute Gasteiger partial charge is 0.285 e. The number of rotatable bonds is 5. The molecule has 1 heterocycles. The van der Waals surface area contributed by atoms with Crippen LogP contribution in [0.3, 0.4) is 0 Å². The Kier molecular flexibility index (Phi) is 5.83. The molecule has 0 atom stereocenters. The zero-order valence-electron chi connectivity index (χ0n) is 13.9. The third kappa shape index (κ3) is 4.67. The maximum absolute atomic E-state index is 11.8. The van der Waals surface area contributed by atoms with Crippen molar-refractivity contribution in [3.05, 3.63) is 64.6 Å². The molecule has 1 aliphatic heterocycles. The average molecular weight is 371 g/mol. The summed E-state index contributed by atoms with van der Waals surface area (Å²) in [6, 6.07) is 15.4. The minimum atomic E-state index is -0.172. The largest absolute Gasteiger partial charge is 0.497 e. The molecule has 0 saturated heterocycles. The first-order chi connectivity index (χ1) is 12.2. The number of hydrogen-bond donors (Lipinski definition) is 0. The Balaban J connectivity index is 1.59. The van der Waals surface area contributed by atoms with E-state index in [9.17, 15) is 4.79 Å². The topological polar surface area (TPSA) is 47.9 Å². The van der Waals surface area contributed by atoms with Crippen LogP contribution in [0.25, 0.3) is 6.08 Å². The van der Waals surface area contributed by atoms with Gasteiger partial charge in [0.1, 0.15) is 22.5 Å². The Labute approximate surface area is 155 Å². The minimum Gasteiger partial charge on any atom is -0.497 e. The van der Waals surface area contributed by atoms with E-state index in [0.717, 1.165) is 27.0 Å². The SMILES string of the molecule is COc1ccc(COc2ccc(/C=C3\SC(SC)=NC3=O)cc2)cc1. The van der Waals surface area contributed by atoms with E-state index in [4.69, 9.17) is 9.47 Å². The highest BCUT2D eigenvalue weighted by Gasteiger charge is 2.20. The molecular formula is C19H17NO3S2. The molecule has 0 spiro atoms. The summed E-state index contributed by atoms with van der Waals surface area (Å²) in [5, 5.41) is 0. The molecular weight excluding hydrogens is 354 g/mol. The van der Waals surface area contributed by atoms with Crippen LogP contribution in [0.15, 0.2) is 58.4 Å². The van der Waals surface area contributed by atoms with E-state index in [2.05, 4.69) is 4.99 Å². The molecule has 0 N–H and O–H groups in total. The molecule has 2 aromatic carbocycles. The molecule has 1 aliphatic rings. The fraction of sp³-hybridized carbons (Fsp3) is 0.158. The summed E-state index contributed by atoms with van der Waals surface area (Å²) in [5.74, 6) is 1.44. The lowest BCUT2D eigenvalue weighted by molar-refractivity contribution is -0.113. The van der Waals surface area contributed by atoms with Gasteiger partial charge in [0, 0.05) is 0 Å². The lowest BCUT2D eigenvalue weighted by Crippen LogP contribution is -1.95. The number of methoxy groups -OCH3 is 1. The second kappa shape index (κ2) is 8.27. The van der Waals surface area contributed by atoms with Gasteiger partial charge in [-0.25, -0.2) is 0 Å². The first-order valence-corrected chi connectivity index (χ1v) is 9.64. The van der Waals surface area contributed by atoms with Crippen molar-refractivity contribution in [3.8, 4) is 11.5 Å². The molecule has 0 aliphatic carbocycles. The van der Waals surface area contributed by atoms with Crippen molar-refractivity contribution in [2.45, 2.75) is 6.61 Å². The van der Waals surface area contributed by atoms with Gasteiger partial charge in [-0.05, 0) is 47.7 Å². The molecule has 0 unspecified atom stereocenters. The highest BCUT2D eigenvalue weighted by atomic mass is 32.2. The van der Waals surface area contributed by atoms with Crippen LogP contribution in [-0.4, -0.2) is 23.6 Å². The quantitative estimate of drug-likeness (QED) is 0.719. The molecule has 0 saturated carbocycles. The molecule has 2 aromatic rings. The van der Waals surface area contributed by atoms with Crippen molar-refractivity contribution < 1.29 is 14.3 Å². The number of carbonyl (C=O) groups excluding carboxylic acids is 1. The zero-order valence-corrected chi connectivity index (χ0v) is 15.5. The van der Waals surface area contributed by atoms with Crippen molar-refractivity contribution >= 4 is 39.9 Å². The summed E-state index contributed by atoms with van der Waals surface area (Å²) in [6.45, 7) is 0.490. The number of ether oxygens (including phenoxy) is 2. The molecule has 128 valence electrons. The summed E-state index contributed by atoms with van der Waals surface area (Å²) >= 11 is 2.89. The summed E-state index contributed by atoms with van der Waals surface area (Å²) in [7, 11) is 1.65. The predicted octanol–water partition coefficient (Wildman–Crippen LogP) is 4.61. The molecule has 6 heteroatoms. The summed E-state index contributed by atoms with van der Waals surface area (Å²) in [6.07, 6.45) is 3.77. The van der Waals surface area contributed by atoms with Crippen LogP contribution in [0.1, 0.15) is 11.1 Å². The van der Waals surface area contributed by atoms with Gasteiger partial charge in [-0.2, -0.15) is 4.99 Å². The zero-order chi connectivity index (χ0) is 17.6. The number of hydrogen-bond acceptors (Lipinski definition) is 5. The maximum atomic E-state index is 11.8. The van der Waals surface area contributed by atoms with E-state index in [-0.39, 0.29) is 5.91 Å². The Bertz CT molecular complexity index is 812. The lowest BCUT2D eigenvalue weighted by atomic mass is 10.2. The van der Waals surface area contributed by atoms with Gasteiger partial charge in [0.2, 0.25) is 0 Å². The van der Waals surface area contributed by atoms with E-state index in [1.165, 1.54) is 23.5 Å². The molecule has 0 fully saturated rings. The van der Waals surface area contributed by atoms with Gasteiger partial charge >= 0.3 is 0 Å². The van der Waals surface area contributed by atoms with Crippen LogP contribution in [0, 0.1) is 0 Å².